The number of allylic oxidation sites excluding steroid dienone is 2. The van der Waals surface area contributed by atoms with E-state index in [1.54, 1.807) is 11.9 Å². The van der Waals surface area contributed by atoms with Gasteiger partial charge in [-0.1, -0.05) is 50.1 Å². The number of imide groups is 1. The number of carbonyl (C=O) groups excluding carboxylic acids is 2. The molecule has 7 heteroatoms. The summed E-state index contributed by atoms with van der Waals surface area (Å²) in [7, 11) is 1.75. The Labute approximate surface area is 178 Å². The Morgan fingerprint density at radius 2 is 1.77 bits per heavy atom. The number of benzene rings is 1. The minimum Gasteiger partial charge on any atom is -0.307 e. The van der Waals surface area contributed by atoms with E-state index in [1.165, 1.54) is 10.5 Å². The normalized spacial score (nSPS) is 24.5. The quantitative estimate of drug-likeness (QED) is 0.671. The number of likely N-dealkylation sites (N-methyl/N-ethyl adjacent to an activating group) is 1. The van der Waals surface area contributed by atoms with Crippen LogP contribution in [0.5, 0.6) is 0 Å². The lowest BCUT2D eigenvalue weighted by molar-refractivity contribution is -0.136. The van der Waals surface area contributed by atoms with E-state index in [0.717, 1.165) is 36.6 Å². The predicted molar refractivity (Wildman–Crippen MR) is 116 cm³/mol. The number of carbonyl (C=O) groups is 2. The van der Waals surface area contributed by atoms with Crippen molar-refractivity contribution in [2.75, 3.05) is 13.6 Å². The lowest BCUT2D eigenvalue weighted by Gasteiger charge is -2.40. The van der Waals surface area contributed by atoms with Gasteiger partial charge in [0.15, 0.2) is 12.2 Å². The van der Waals surface area contributed by atoms with E-state index in [-0.39, 0.29) is 18.0 Å². The average Bonchev–Trinajstić information content (AvgIpc) is 3.25. The van der Waals surface area contributed by atoms with Crippen molar-refractivity contribution in [3.05, 3.63) is 47.3 Å². The van der Waals surface area contributed by atoms with Gasteiger partial charge in [0.1, 0.15) is 0 Å². The van der Waals surface area contributed by atoms with Crippen LogP contribution in [0, 0.1) is 0 Å². The van der Waals surface area contributed by atoms with Crippen LogP contribution in [0.3, 0.4) is 0 Å². The highest BCUT2D eigenvalue weighted by Gasteiger charge is 2.56. The first-order valence-corrected chi connectivity index (χ1v) is 10.8. The molecule has 3 aliphatic heterocycles. The van der Waals surface area contributed by atoms with E-state index in [1.807, 2.05) is 30.0 Å². The van der Waals surface area contributed by atoms with E-state index in [2.05, 4.69) is 37.8 Å². The first kappa shape index (κ1) is 20.4. The van der Waals surface area contributed by atoms with Gasteiger partial charge >= 0.3 is 6.03 Å². The molecule has 1 saturated heterocycles. The molecule has 0 radical (unpaired) electrons. The third-order valence-corrected chi connectivity index (χ3v) is 6.59. The minimum atomic E-state index is -0.493. The fourth-order valence-corrected chi connectivity index (χ4v) is 4.71. The van der Waals surface area contributed by atoms with Gasteiger partial charge in [-0.2, -0.15) is 0 Å². The summed E-state index contributed by atoms with van der Waals surface area (Å²) in [6, 6.07) is 9.62. The van der Waals surface area contributed by atoms with Crippen LogP contribution >= 0.6 is 0 Å². The van der Waals surface area contributed by atoms with Gasteiger partial charge < -0.3 is 9.80 Å². The summed E-state index contributed by atoms with van der Waals surface area (Å²) < 4.78 is 0. The second kappa shape index (κ2) is 7.78. The van der Waals surface area contributed by atoms with E-state index in [9.17, 15) is 9.59 Å². The number of urea groups is 1. The fraction of sp³-hybridized carbons (Fsp3) is 0.522. The largest absolute Gasteiger partial charge is 0.328 e. The average molecular weight is 410 g/mol. The summed E-state index contributed by atoms with van der Waals surface area (Å²) in [5.41, 5.74) is 3.29. The minimum absolute atomic E-state index is 0.0711. The van der Waals surface area contributed by atoms with Crippen LogP contribution in [0.2, 0.25) is 0 Å². The zero-order valence-electron chi connectivity index (χ0n) is 18.5. The van der Waals surface area contributed by atoms with E-state index in [0.29, 0.717) is 6.54 Å². The Morgan fingerprint density at radius 3 is 2.43 bits per heavy atom. The molecule has 0 N–H and O–H groups in total. The number of hydrogen-bond acceptors (Lipinski definition) is 5. The van der Waals surface area contributed by atoms with Crippen LogP contribution in [0.25, 0.3) is 0 Å². The van der Waals surface area contributed by atoms with Crippen molar-refractivity contribution in [1.82, 2.24) is 19.6 Å². The third-order valence-electron chi connectivity index (χ3n) is 6.59. The molecule has 1 aromatic carbocycles. The van der Waals surface area contributed by atoms with Gasteiger partial charge in [-0.25, -0.2) is 9.79 Å². The van der Waals surface area contributed by atoms with Gasteiger partial charge in [0.05, 0.1) is 6.04 Å². The summed E-state index contributed by atoms with van der Waals surface area (Å²) in [6.45, 7) is 8.84. The highest BCUT2D eigenvalue weighted by Crippen LogP contribution is 2.41. The molecule has 7 nitrogen and oxygen atoms in total. The van der Waals surface area contributed by atoms with Crippen LogP contribution in [-0.2, 0) is 4.79 Å². The van der Waals surface area contributed by atoms with Crippen LogP contribution in [-0.4, -0.2) is 63.3 Å². The van der Waals surface area contributed by atoms with Crippen LogP contribution in [0.15, 0.2) is 46.7 Å². The lowest BCUT2D eigenvalue weighted by Crippen LogP contribution is -2.64. The zero-order valence-corrected chi connectivity index (χ0v) is 18.5. The Hall–Kier alpha value is -2.83. The van der Waals surface area contributed by atoms with Crippen LogP contribution in [0.4, 0.5) is 4.79 Å². The maximum Gasteiger partial charge on any atom is 0.328 e. The van der Waals surface area contributed by atoms with Gasteiger partial charge in [-0.05, 0) is 32.8 Å². The topological polar surface area (TPSA) is 59.5 Å². The first-order chi connectivity index (χ1) is 14.4. The van der Waals surface area contributed by atoms with Crippen molar-refractivity contribution < 1.29 is 9.59 Å². The standard InChI is InChI=1S/C23H31N5O2/c1-6-7-11-14-26-21(29)19-20(25(5)23(26)30)24-22-27(15(2)16(3)28(19)22)17(4)18-12-9-8-10-13-18/h8-10,12-13,17,19-20H,6-7,11,14H2,1-5H3. The monoisotopic (exact) mass is 409 g/mol. The van der Waals surface area contributed by atoms with Crippen molar-refractivity contribution in [3.63, 3.8) is 0 Å². The molecule has 3 unspecified atom stereocenters. The molecule has 3 amide bonds. The molecule has 3 aliphatic rings. The van der Waals surface area contributed by atoms with Gasteiger partial charge in [0.25, 0.3) is 5.91 Å². The number of amides is 3. The van der Waals surface area contributed by atoms with Crippen molar-refractivity contribution in [3.8, 4) is 0 Å². The number of unbranched alkanes of at least 4 members (excludes halogenated alkanes) is 2. The molecule has 1 fully saturated rings. The Morgan fingerprint density at radius 1 is 1.07 bits per heavy atom. The first-order valence-electron chi connectivity index (χ1n) is 10.8. The zero-order chi connectivity index (χ0) is 21.6. The summed E-state index contributed by atoms with van der Waals surface area (Å²) in [5, 5.41) is 0. The Balaban J connectivity index is 1.67. The molecule has 4 rings (SSSR count). The SMILES string of the molecule is CCCCCN1C(=O)C2C(N=C3N(C(C)c4ccccc4)C(C)=C(C)N32)N(C)C1=O. The number of hydrogen-bond donors (Lipinski definition) is 0. The molecule has 0 spiro atoms. The molecule has 0 aliphatic carbocycles. The number of fused-ring (bicyclic) bond motifs is 3. The molecule has 1 aromatic rings. The summed E-state index contributed by atoms with van der Waals surface area (Å²) in [4.78, 5) is 38.5. The molecule has 30 heavy (non-hydrogen) atoms. The number of nitrogens with zero attached hydrogens (tertiary/aromatic N) is 5. The van der Waals surface area contributed by atoms with Gasteiger partial charge in [-0.3, -0.25) is 14.6 Å². The molecule has 3 atom stereocenters. The maximum absolute atomic E-state index is 13.4. The van der Waals surface area contributed by atoms with Crippen molar-refractivity contribution in [2.45, 2.75) is 65.2 Å². The molecular weight excluding hydrogens is 378 g/mol. The van der Waals surface area contributed by atoms with E-state index in [4.69, 9.17) is 4.99 Å². The number of rotatable bonds is 6. The van der Waals surface area contributed by atoms with Gasteiger partial charge in [-0.15, -0.1) is 0 Å². The Bertz CT molecular complexity index is 909. The van der Waals surface area contributed by atoms with Gasteiger partial charge in [0.2, 0.25) is 5.96 Å². The molecule has 0 saturated carbocycles. The summed E-state index contributed by atoms with van der Waals surface area (Å²) >= 11 is 0. The smallest absolute Gasteiger partial charge is 0.307 e. The number of aliphatic imine (C=N–C) groups is 1. The molecule has 3 heterocycles. The fourth-order valence-electron chi connectivity index (χ4n) is 4.71. The second-order valence-corrected chi connectivity index (χ2v) is 8.38. The highest BCUT2D eigenvalue weighted by atomic mass is 16.2. The van der Waals surface area contributed by atoms with Crippen LogP contribution in [0.1, 0.15) is 58.6 Å². The molecule has 0 bridgehead atoms. The number of guanidine groups is 1. The third kappa shape index (κ3) is 2.99. The van der Waals surface area contributed by atoms with E-state index >= 15 is 0 Å². The second-order valence-electron chi connectivity index (χ2n) is 8.38. The molecular formula is C23H31N5O2. The maximum atomic E-state index is 13.4. The Kier molecular flexibility index (Phi) is 5.30. The van der Waals surface area contributed by atoms with Gasteiger partial charge in [0, 0.05) is 25.0 Å². The lowest BCUT2D eigenvalue weighted by atomic mass is 10.1. The van der Waals surface area contributed by atoms with E-state index < -0.39 is 12.2 Å². The van der Waals surface area contributed by atoms with Crippen LogP contribution < -0.4 is 0 Å². The summed E-state index contributed by atoms with van der Waals surface area (Å²) in [5.74, 6) is 0.624. The molecule has 0 aromatic heterocycles. The van der Waals surface area contributed by atoms with Crippen molar-refractivity contribution in [2.24, 2.45) is 4.99 Å². The summed E-state index contributed by atoms with van der Waals surface area (Å²) in [6.07, 6.45) is 2.39. The predicted octanol–water partition coefficient (Wildman–Crippen LogP) is 3.77. The van der Waals surface area contributed by atoms with Crippen molar-refractivity contribution >= 4 is 17.9 Å². The van der Waals surface area contributed by atoms with Crippen molar-refractivity contribution in [1.29, 1.82) is 0 Å². The molecule has 160 valence electrons. The highest BCUT2D eigenvalue weighted by molar-refractivity contribution is 6.05.